The van der Waals surface area contributed by atoms with Gasteiger partial charge in [0.25, 0.3) is 0 Å². The van der Waals surface area contributed by atoms with E-state index in [9.17, 15) is 13.2 Å². The summed E-state index contributed by atoms with van der Waals surface area (Å²) in [7, 11) is -3.96. The SMILES string of the molecule is Cc1ccc(S(=O)(=O)N(CC(=O)Nc2cc(Cl)ccc2Oc2ccccc2)Cc2ccccc2)cc1. The number of carbonyl (C=O) groups excluding carboxylic acids is 1. The van der Waals surface area contributed by atoms with Gasteiger partial charge in [-0.25, -0.2) is 8.42 Å². The zero-order valence-corrected chi connectivity index (χ0v) is 21.2. The van der Waals surface area contributed by atoms with Crippen molar-refractivity contribution < 1.29 is 17.9 Å². The molecule has 36 heavy (non-hydrogen) atoms. The van der Waals surface area contributed by atoms with E-state index < -0.39 is 22.5 Å². The molecule has 1 amide bonds. The first-order valence-electron chi connectivity index (χ1n) is 11.2. The van der Waals surface area contributed by atoms with Crippen molar-refractivity contribution >= 4 is 33.2 Å². The summed E-state index contributed by atoms with van der Waals surface area (Å²) in [5, 5.41) is 3.17. The van der Waals surface area contributed by atoms with Crippen LogP contribution < -0.4 is 10.1 Å². The Morgan fingerprint density at radius 3 is 2.19 bits per heavy atom. The molecule has 6 nitrogen and oxygen atoms in total. The molecule has 1 N–H and O–H groups in total. The Balaban J connectivity index is 1.59. The van der Waals surface area contributed by atoms with E-state index in [0.717, 1.165) is 15.4 Å². The van der Waals surface area contributed by atoms with Crippen molar-refractivity contribution in [3.63, 3.8) is 0 Å². The maximum absolute atomic E-state index is 13.5. The summed E-state index contributed by atoms with van der Waals surface area (Å²) < 4.78 is 34.1. The molecule has 0 bridgehead atoms. The molecule has 184 valence electrons. The number of nitrogens with zero attached hydrogens (tertiary/aromatic N) is 1. The van der Waals surface area contributed by atoms with Gasteiger partial charge in [-0.05, 0) is 55.0 Å². The zero-order valence-electron chi connectivity index (χ0n) is 19.6. The Kier molecular flexibility index (Phi) is 8.05. The molecule has 0 unspecified atom stereocenters. The fraction of sp³-hybridized carbons (Fsp3) is 0.107. The summed E-state index contributed by atoms with van der Waals surface area (Å²) >= 11 is 6.17. The minimum Gasteiger partial charge on any atom is -0.455 e. The van der Waals surface area contributed by atoms with Crippen molar-refractivity contribution in [2.24, 2.45) is 0 Å². The number of benzene rings is 4. The van der Waals surface area contributed by atoms with Crippen molar-refractivity contribution in [3.05, 3.63) is 119 Å². The van der Waals surface area contributed by atoms with E-state index in [0.29, 0.717) is 22.2 Å². The molecule has 0 heterocycles. The average molecular weight is 521 g/mol. The van der Waals surface area contributed by atoms with E-state index in [2.05, 4.69) is 5.32 Å². The van der Waals surface area contributed by atoms with Gasteiger partial charge < -0.3 is 10.1 Å². The first-order chi connectivity index (χ1) is 17.3. The monoisotopic (exact) mass is 520 g/mol. The molecule has 0 aliphatic carbocycles. The molecule has 0 saturated carbocycles. The standard InChI is InChI=1S/C28H25ClN2O4S/c1-21-12-15-25(16-13-21)36(33,34)31(19-22-8-4-2-5-9-22)20-28(32)30-26-18-23(29)14-17-27(26)35-24-10-6-3-7-11-24/h2-18H,19-20H2,1H3,(H,30,32). The summed E-state index contributed by atoms with van der Waals surface area (Å²) in [6.45, 7) is 1.52. The Bertz CT molecular complexity index is 1430. The predicted molar refractivity (Wildman–Crippen MR) is 142 cm³/mol. The number of anilines is 1. The van der Waals surface area contributed by atoms with Crippen LogP contribution in [0, 0.1) is 6.92 Å². The Labute approximate surface area is 216 Å². The number of ether oxygens (including phenoxy) is 1. The second-order valence-electron chi connectivity index (χ2n) is 8.18. The Morgan fingerprint density at radius 1 is 0.889 bits per heavy atom. The summed E-state index contributed by atoms with van der Waals surface area (Å²) in [6, 6.07) is 29.7. The lowest BCUT2D eigenvalue weighted by atomic mass is 10.2. The lowest BCUT2D eigenvalue weighted by molar-refractivity contribution is -0.116. The van der Waals surface area contributed by atoms with Crippen LogP contribution in [0.25, 0.3) is 0 Å². The third-order valence-electron chi connectivity index (χ3n) is 5.37. The zero-order chi connectivity index (χ0) is 25.5. The molecule has 0 aromatic heterocycles. The topological polar surface area (TPSA) is 75.7 Å². The largest absolute Gasteiger partial charge is 0.455 e. The average Bonchev–Trinajstić information content (AvgIpc) is 2.87. The second kappa shape index (κ2) is 11.4. The number of amides is 1. The van der Waals surface area contributed by atoms with Crippen LogP contribution in [0.2, 0.25) is 5.02 Å². The van der Waals surface area contributed by atoms with Crippen molar-refractivity contribution in [2.45, 2.75) is 18.4 Å². The summed E-state index contributed by atoms with van der Waals surface area (Å²) in [6.07, 6.45) is 0. The molecule has 0 aliphatic rings. The van der Waals surface area contributed by atoms with E-state index in [1.807, 2.05) is 55.5 Å². The number of aryl methyl sites for hydroxylation is 1. The third-order valence-corrected chi connectivity index (χ3v) is 7.41. The number of carbonyl (C=O) groups is 1. The molecule has 0 atom stereocenters. The highest BCUT2D eigenvalue weighted by atomic mass is 35.5. The van der Waals surface area contributed by atoms with Gasteiger partial charge in [-0.15, -0.1) is 0 Å². The molecule has 0 spiro atoms. The van der Waals surface area contributed by atoms with Gasteiger partial charge in [0.1, 0.15) is 5.75 Å². The van der Waals surface area contributed by atoms with E-state index >= 15 is 0 Å². The van der Waals surface area contributed by atoms with Crippen LogP contribution in [0.15, 0.2) is 108 Å². The quantitative estimate of drug-likeness (QED) is 0.282. The van der Waals surface area contributed by atoms with Gasteiger partial charge in [0.15, 0.2) is 5.75 Å². The van der Waals surface area contributed by atoms with Gasteiger partial charge in [0, 0.05) is 11.6 Å². The van der Waals surface area contributed by atoms with Gasteiger partial charge >= 0.3 is 0 Å². The maximum atomic E-state index is 13.5. The molecular formula is C28H25ClN2O4S. The summed E-state index contributed by atoms with van der Waals surface area (Å²) in [5.41, 5.74) is 2.04. The van der Waals surface area contributed by atoms with Gasteiger partial charge in [0.2, 0.25) is 15.9 Å². The van der Waals surface area contributed by atoms with Crippen LogP contribution in [-0.2, 0) is 21.4 Å². The first kappa shape index (κ1) is 25.4. The van der Waals surface area contributed by atoms with Crippen LogP contribution in [-0.4, -0.2) is 25.2 Å². The van der Waals surface area contributed by atoms with Crippen LogP contribution in [0.5, 0.6) is 11.5 Å². The highest BCUT2D eigenvalue weighted by molar-refractivity contribution is 7.89. The van der Waals surface area contributed by atoms with Crippen LogP contribution in [0.4, 0.5) is 5.69 Å². The van der Waals surface area contributed by atoms with Crippen molar-refractivity contribution in [2.75, 3.05) is 11.9 Å². The third kappa shape index (κ3) is 6.51. The summed E-state index contributed by atoms with van der Waals surface area (Å²) in [5.74, 6) is 0.444. The number of para-hydroxylation sites is 1. The smallest absolute Gasteiger partial charge is 0.243 e. The number of hydrogen-bond acceptors (Lipinski definition) is 4. The number of nitrogens with one attached hydrogen (secondary N) is 1. The second-order valence-corrected chi connectivity index (χ2v) is 10.5. The maximum Gasteiger partial charge on any atom is 0.243 e. The fourth-order valence-corrected chi connectivity index (χ4v) is 5.08. The Morgan fingerprint density at radius 2 is 1.53 bits per heavy atom. The molecule has 0 radical (unpaired) electrons. The lowest BCUT2D eigenvalue weighted by Gasteiger charge is -2.22. The van der Waals surface area contributed by atoms with Crippen molar-refractivity contribution in [1.82, 2.24) is 4.31 Å². The van der Waals surface area contributed by atoms with Gasteiger partial charge in [-0.2, -0.15) is 4.31 Å². The van der Waals surface area contributed by atoms with E-state index in [4.69, 9.17) is 16.3 Å². The van der Waals surface area contributed by atoms with Crippen LogP contribution in [0.1, 0.15) is 11.1 Å². The molecule has 8 heteroatoms. The van der Waals surface area contributed by atoms with Crippen molar-refractivity contribution in [3.8, 4) is 11.5 Å². The molecule has 4 aromatic rings. The fourth-order valence-electron chi connectivity index (χ4n) is 3.53. The molecule has 4 aromatic carbocycles. The first-order valence-corrected chi connectivity index (χ1v) is 13.1. The minimum atomic E-state index is -3.96. The minimum absolute atomic E-state index is 0.0351. The van der Waals surface area contributed by atoms with E-state index in [1.165, 1.54) is 0 Å². The highest BCUT2D eigenvalue weighted by Gasteiger charge is 2.27. The predicted octanol–water partition coefficient (Wildman–Crippen LogP) is 6.27. The molecule has 0 aliphatic heterocycles. The Hall–Kier alpha value is -3.65. The van der Waals surface area contributed by atoms with Crippen molar-refractivity contribution in [1.29, 1.82) is 0 Å². The number of rotatable bonds is 9. The van der Waals surface area contributed by atoms with E-state index in [1.54, 1.807) is 54.6 Å². The number of halogens is 1. The van der Waals surface area contributed by atoms with Crippen LogP contribution in [0.3, 0.4) is 0 Å². The van der Waals surface area contributed by atoms with Crippen LogP contribution >= 0.6 is 11.6 Å². The lowest BCUT2D eigenvalue weighted by Crippen LogP contribution is -2.37. The van der Waals surface area contributed by atoms with E-state index in [-0.39, 0.29) is 11.4 Å². The molecule has 0 fully saturated rings. The highest BCUT2D eigenvalue weighted by Crippen LogP contribution is 2.32. The normalized spacial score (nSPS) is 11.3. The molecule has 0 saturated heterocycles. The van der Waals surface area contributed by atoms with Gasteiger partial charge in [-0.3, -0.25) is 4.79 Å². The van der Waals surface area contributed by atoms with Gasteiger partial charge in [0.05, 0.1) is 17.1 Å². The van der Waals surface area contributed by atoms with Gasteiger partial charge in [-0.1, -0.05) is 77.8 Å². The molecular weight excluding hydrogens is 496 g/mol. The summed E-state index contributed by atoms with van der Waals surface area (Å²) in [4.78, 5) is 13.3. The number of hydrogen-bond donors (Lipinski definition) is 1. The number of sulfonamides is 1. The molecule has 4 rings (SSSR count).